The Kier molecular flexibility index (Phi) is 2.07. The molecule has 14 heavy (non-hydrogen) atoms. The Morgan fingerprint density at radius 2 is 2.14 bits per heavy atom. The van der Waals surface area contributed by atoms with E-state index in [1.165, 1.54) is 12.1 Å². The quantitative estimate of drug-likeness (QED) is 0.735. The van der Waals surface area contributed by atoms with Crippen molar-refractivity contribution in [2.24, 2.45) is 11.7 Å². The molecule has 76 valence electrons. The topological polar surface area (TPSA) is 26.0 Å². The minimum Gasteiger partial charge on any atom is -0.321 e. The van der Waals surface area contributed by atoms with Crippen molar-refractivity contribution >= 4 is 0 Å². The highest BCUT2D eigenvalue weighted by Crippen LogP contribution is 2.44. The molecule has 2 rings (SSSR count). The highest BCUT2D eigenvalue weighted by atomic mass is 19.1. The minimum absolute atomic E-state index is 0.266. The van der Waals surface area contributed by atoms with Crippen LogP contribution >= 0.6 is 0 Å². The molecule has 0 spiro atoms. The number of nitrogens with two attached hydrogens (primary N) is 1. The molecular formula is C11H13F2N. The molecule has 0 bridgehead atoms. The molecule has 1 aromatic rings. The summed E-state index contributed by atoms with van der Waals surface area (Å²) in [4.78, 5) is 0. The maximum absolute atomic E-state index is 13.4. The second-order valence-electron chi connectivity index (χ2n) is 4.10. The van der Waals surface area contributed by atoms with Gasteiger partial charge in [0.1, 0.15) is 11.6 Å². The van der Waals surface area contributed by atoms with Crippen molar-refractivity contribution in [2.75, 3.05) is 0 Å². The van der Waals surface area contributed by atoms with E-state index in [0.717, 1.165) is 18.9 Å². The van der Waals surface area contributed by atoms with Crippen LogP contribution in [0.15, 0.2) is 18.2 Å². The van der Waals surface area contributed by atoms with Crippen LogP contribution in [0.2, 0.25) is 0 Å². The first kappa shape index (κ1) is 9.59. The third-order valence-corrected chi connectivity index (χ3v) is 3.30. The molecule has 1 aromatic carbocycles. The third kappa shape index (κ3) is 1.23. The van der Waals surface area contributed by atoms with Crippen molar-refractivity contribution in [3.8, 4) is 0 Å². The number of halogens is 2. The largest absolute Gasteiger partial charge is 0.321 e. The van der Waals surface area contributed by atoms with Gasteiger partial charge in [-0.1, -0.05) is 13.0 Å². The fourth-order valence-corrected chi connectivity index (χ4v) is 2.01. The summed E-state index contributed by atoms with van der Waals surface area (Å²) in [5.74, 6) is -0.816. The number of benzene rings is 1. The van der Waals surface area contributed by atoms with Gasteiger partial charge >= 0.3 is 0 Å². The van der Waals surface area contributed by atoms with Crippen LogP contribution in [0.5, 0.6) is 0 Å². The summed E-state index contributed by atoms with van der Waals surface area (Å²) >= 11 is 0. The Labute approximate surface area is 81.9 Å². The molecule has 1 nitrogen and oxygen atoms in total. The van der Waals surface area contributed by atoms with Crippen LogP contribution in [-0.2, 0) is 5.54 Å². The zero-order chi connectivity index (χ0) is 10.3. The number of hydrogen-bond acceptors (Lipinski definition) is 1. The van der Waals surface area contributed by atoms with Gasteiger partial charge in [-0.15, -0.1) is 0 Å². The molecule has 2 unspecified atom stereocenters. The van der Waals surface area contributed by atoms with Crippen LogP contribution in [0.4, 0.5) is 8.78 Å². The Balaban J connectivity index is 2.41. The first-order valence-corrected chi connectivity index (χ1v) is 4.78. The Hall–Kier alpha value is -0.960. The minimum atomic E-state index is -0.586. The molecule has 1 aliphatic carbocycles. The molecule has 3 heteroatoms. The van der Waals surface area contributed by atoms with Crippen molar-refractivity contribution in [1.82, 2.24) is 0 Å². The summed E-state index contributed by atoms with van der Waals surface area (Å²) in [6.07, 6.45) is 1.78. The second-order valence-corrected chi connectivity index (χ2v) is 4.10. The molecule has 0 aliphatic heterocycles. The van der Waals surface area contributed by atoms with Gasteiger partial charge in [-0.2, -0.15) is 0 Å². The summed E-state index contributed by atoms with van der Waals surface area (Å²) in [6, 6.07) is 3.62. The van der Waals surface area contributed by atoms with Crippen LogP contribution in [0.3, 0.4) is 0 Å². The highest BCUT2D eigenvalue weighted by molar-refractivity contribution is 5.29. The number of hydrogen-bond donors (Lipinski definition) is 1. The molecule has 1 saturated carbocycles. The van der Waals surface area contributed by atoms with E-state index >= 15 is 0 Å². The van der Waals surface area contributed by atoms with Crippen molar-refractivity contribution in [3.05, 3.63) is 35.4 Å². The van der Waals surface area contributed by atoms with Gasteiger partial charge in [0.05, 0.1) is 0 Å². The van der Waals surface area contributed by atoms with Crippen LogP contribution in [0.25, 0.3) is 0 Å². The van der Waals surface area contributed by atoms with Gasteiger partial charge in [-0.25, -0.2) is 8.78 Å². The summed E-state index contributed by atoms with van der Waals surface area (Å²) in [6.45, 7) is 1.99. The monoisotopic (exact) mass is 197 g/mol. The molecular weight excluding hydrogens is 184 g/mol. The van der Waals surface area contributed by atoms with E-state index in [-0.39, 0.29) is 5.92 Å². The van der Waals surface area contributed by atoms with Crippen molar-refractivity contribution in [3.63, 3.8) is 0 Å². The molecule has 0 aromatic heterocycles. The summed E-state index contributed by atoms with van der Waals surface area (Å²) in [5.41, 5.74) is 5.91. The highest BCUT2D eigenvalue weighted by Gasteiger charge is 2.43. The van der Waals surface area contributed by atoms with Crippen molar-refractivity contribution in [1.29, 1.82) is 0 Å². The maximum Gasteiger partial charge on any atom is 0.131 e. The van der Waals surface area contributed by atoms with Gasteiger partial charge in [-0.05, 0) is 24.8 Å². The zero-order valence-corrected chi connectivity index (χ0v) is 8.06. The van der Waals surface area contributed by atoms with Crippen molar-refractivity contribution in [2.45, 2.75) is 25.3 Å². The smallest absolute Gasteiger partial charge is 0.131 e. The van der Waals surface area contributed by atoms with E-state index in [1.54, 1.807) is 0 Å². The normalized spacial score (nSPS) is 31.3. The first-order chi connectivity index (χ1) is 6.54. The van der Waals surface area contributed by atoms with Gasteiger partial charge in [0, 0.05) is 17.2 Å². The summed E-state index contributed by atoms with van der Waals surface area (Å²) < 4.78 is 26.1. The lowest BCUT2D eigenvalue weighted by molar-refractivity contribution is 0.140. The molecule has 1 fully saturated rings. The Morgan fingerprint density at radius 3 is 2.57 bits per heavy atom. The van der Waals surface area contributed by atoms with E-state index in [2.05, 4.69) is 0 Å². The van der Waals surface area contributed by atoms with Crippen molar-refractivity contribution < 1.29 is 8.78 Å². The van der Waals surface area contributed by atoms with Crippen LogP contribution in [0, 0.1) is 17.6 Å². The van der Waals surface area contributed by atoms with E-state index in [4.69, 9.17) is 5.73 Å². The Morgan fingerprint density at radius 1 is 1.43 bits per heavy atom. The average Bonchev–Trinajstić information content (AvgIpc) is 2.14. The van der Waals surface area contributed by atoms with E-state index in [1.807, 2.05) is 6.92 Å². The third-order valence-electron chi connectivity index (χ3n) is 3.30. The molecule has 0 heterocycles. The SMILES string of the molecule is CC1CCC1(N)c1ccc(F)cc1F. The summed E-state index contributed by atoms with van der Waals surface area (Å²) in [5, 5.41) is 0. The fraction of sp³-hybridized carbons (Fsp3) is 0.455. The van der Waals surface area contributed by atoms with E-state index in [9.17, 15) is 8.78 Å². The lowest BCUT2D eigenvalue weighted by atomic mass is 9.64. The molecule has 0 saturated heterocycles. The summed E-state index contributed by atoms with van der Waals surface area (Å²) in [7, 11) is 0. The fourth-order valence-electron chi connectivity index (χ4n) is 2.01. The molecule has 1 aliphatic rings. The van der Waals surface area contributed by atoms with E-state index in [0.29, 0.717) is 5.56 Å². The predicted octanol–water partition coefficient (Wildman–Crippen LogP) is 2.55. The lowest BCUT2D eigenvalue weighted by Gasteiger charge is -2.45. The lowest BCUT2D eigenvalue weighted by Crippen LogP contribution is -2.51. The van der Waals surface area contributed by atoms with Crippen LogP contribution < -0.4 is 5.73 Å². The molecule has 2 N–H and O–H groups in total. The van der Waals surface area contributed by atoms with Gasteiger partial charge in [0.25, 0.3) is 0 Å². The van der Waals surface area contributed by atoms with Gasteiger partial charge in [-0.3, -0.25) is 0 Å². The second kappa shape index (κ2) is 3.02. The number of rotatable bonds is 1. The maximum atomic E-state index is 13.4. The molecule has 0 radical (unpaired) electrons. The van der Waals surface area contributed by atoms with Crippen LogP contribution in [-0.4, -0.2) is 0 Å². The van der Waals surface area contributed by atoms with Gasteiger partial charge in [0.15, 0.2) is 0 Å². The first-order valence-electron chi connectivity index (χ1n) is 4.78. The van der Waals surface area contributed by atoms with Gasteiger partial charge < -0.3 is 5.73 Å². The average molecular weight is 197 g/mol. The van der Waals surface area contributed by atoms with E-state index < -0.39 is 17.2 Å². The Bertz CT molecular complexity index is 364. The van der Waals surface area contributed by atoms with Gasteiger partial charge in [0.2, 0.25) is 0 Å². The molecule has 2 atom stereocenters. The zero-order valence-electron chi connectivity index (χ0n) is 8.06. The van der Waals surface area contributed by atoms with Crippen LogP contribution in [0.1, 0.15) is 25.3 Å². The standard InChI is InChI=1S/C11H13F2N/c1-7-4-5-11(7,14)9-3-2-8(12)6-10(9)13/h2-3,6-7H,4-5,14H2,1H3. The molecule has 0 amide bonds. The predicted molar refractivity (Wildman–Crippen MR) is 50.6 cm³/mol.